The molecule has 1 aromatic heterocycles. The normalized spacial score (nSPS) is 12.8. The van der Waals surface area contributed by atoms with E-state index in [0.29, 0.717) is 6.42 Å². The van der Waals surface area contributed by atoms with E-state index in [1.54, 1.807) is 0 Å². The third-order valence-electron chi connectivity index (χ3n) is 2.99. The van der Waals surface area contributed by atoms with Crippen LogP contribution in [0.25, 0.3) is 10.2 Å². The Morgan fingerprint density at radius 2 is 1.95 bits per heavy atom. The van der Waals surface area contributed by atoms with Gasteiger partial charge in [-0.2, -0.15) is 0 Å². The first kappa shape index (κ1) is 13.5. The second-order valence-electron chi connectivity index (χ2n) is 4.41. The van der Waals surface area contributed by atoms with E-state index in [0.717, 1.165) is 33.4 Å². The molecular formula is C15H10ClF2NS. The van der Waals surface area contributed by atoms with E-state index in [2.05, 4.69) is 4.98 Å². The zero-order chi connectivity index (χ0) is 14.1. The number of hydrogen-bond acceptors (Lipinski definition) is 2. The van der Waals surface area contributed by atoms with Gasteiger partial charge in [0.15, 0.2) is 0 Å². The molecule has 0 radical (unpaired) electrons. The van der Waals surface area contributed by atoms with Gasteiger partial charge in [0.05, 0.1) is 20.6 Å². The summed E-state index contributed by atoms with van der Waals surface area (Å²) in [5, 5.41) is 0.182. The lowest BCUT2D eigenvalue weighted by Crippen LogP contribution is -1.99. The van der Waals surface area contributed by atoms with Crippen molar-refractivity contribution in [3.63, 3.8) is 0 Å². The molecule has 0 fully saturated rings. The Hall–Kier alpha value is -1.52. The number of alkyl halides is 1. The summed E-state index contributed by atoms with van der Waals surface area (Å²) in [6.45, 7) is 0. The Kier molecular flexibility index (Phi) is 3.68. The average molecular weight is 310 g/mol. The maximum absolute atomic E-state index is 13.7. The van der Waals surface area contributed by atoms with Crippen LogP contribution in [0.3, 0.4) is 0 Å². The molecule has 0 aliphatic carbocycles. The topological polar surface area (TPSA) is 12.9 Å². The molecule has 0 spiro atoms. The summed E-state index contributed by atoms with van der Waals surface area (Å²) < 4.78 is 27.9. The fourth-order valence-electron chi connectivity index (χ4n) is 2.03. The average Bonchev–Trinajstić information content (AvgIpc) is 2.83. The van der Waals surface area contributed by atoms with Gasteiger partial charge in [0.25, 0.3) is 0 Å². The summed E-state index contributed by atoms with van der Waals surface area (Å²) in [5.41, 5.74) is 1.07. The lowest BCUT2D eigenvalue weighted by Gasteiger charge is -2.09. The van der Waals surface area contributed by atoms with Gasteiger partial charge in [0.1, 0.15) is 11.6 Å². The van der Waals surface area contributed by atoms with Crippen LogP contribution in [0.5, 0.6) is 0 Å². The van der Waals surface area contributed by atoms with Crippen LogP contribution in [0, 0.1) is 11.6 Å². The van der Waals surface area contributed by atoms with Gasteiger partial charge in [-0.25, -0.2) is 13.8 Å². The van der Waals surface area contributed by atoms with Gasteiger partial charge in [-0.3, -0.25) is 0 Å². The number of para-hydroxylation sites is 1. The number of hydrogen-bond donors (Lipinski definition) is 0. The van der Waals surface area contributed by atoms with Crippen molar-refractivity contribution < 1.29 is 8.78 Å². The van der Waals surface area contributed by atoms with E-state index in [1.807, 2.05) is 24.3 Å². The SMILES string of the molecule is Fc1ccc(F)c(C(Cl)Cc2nc3ccccc3s2)c1. The molecule has 0 saturated heterocycles. The number of aromatic nitrogens is 1. The van der Waals surface area contributed by atoms with Gasteiger partial charge >= 0.3 is 0 Å². The van der Waals surface area contributed by atoms with Crippen molar-refractivity contribution >= 4 is 33.2 Å². The van der Waals surface area contributed by atoms with E-state index in [9.17, 15) is 8.78 Å². The molecule has 1 unspecified atom stereocenters. The molecule has 0 bridgehead atoms. The number of thiazole rings is 1. The largest absolute Gasteiger partial charge is 0.241 e. The molecule has 3 aromatic rings. The summed E-state index contributed by atoms with van der Waals surface area (Å²) in [5.74, 6) is -0.983. The number of nitrogens with zero attached hydrogens (tertiary/aromatic N) is 1. The van der Waals surface area contributed by atoms with Crippen molar-refractivity contribution in [2.75, 3.05) is 0 Å². The molecule has 20 heavy (non-hydrogen) atoms. The van der Waals surface area contributed by atoms with E-state index in [4.69, 9.17) is 11.6 Å². The van der Waals surface area contributed by atoms with Crippen molar-refractivity contribution in [1.29, 1.82) is 0 Å². The van der Waals surface area contributed by atoms with Crippen molar-refractivity contribution in [3.05, 3.63) is 64.7 Å². The first-order valence-corrected chi connectivity index (χ1v) is 7.32. The molecule has 102 valence electrons. The maximum Gasteiger partial charge on any atom is 0.128 e. The predicted octanol–water partition coefficient (Wildman–Crippen LogP) is 5.10. The zero-order valence-corrected chi connectivity index (χ0v) is 11.9. The van der Waals surface area contributed by atoms with Crippen molar-refractivity contribution in [3.8, 4) is 0 Å². The lowest BCUT2D eigenvalue weighted by molar-refractivity contribution is 0.582. The van der Waals surface area contributed by atoms with Crippen LogP contribution in [0.15, 0.2) is 42.5 Å². The van der Waals surface area contributed by atoms with Gasteiger partial charge in [-0.15, -0.1) is 22.9 Å². The summed E-state index contributed by atoms with van der Waals surface area (Å²) in [4.78, 5) is 4.45. The van der Waals surface area contributed by atoms with Gasteiger partial charge in [0.2, 0.25) is 0 Å². The third-order valence-corrected chi connectivity index (χ3v) is 4.44. The van der Waals surface area contributed by atoms with Crippen molar-refractivity contribution in [2.45, 2.75) is 11.8 Å². The molecule has 5 heteroatoms. The van der Waals surface area contributed by atoms with Crippen LogP contribution >= 0.6 is 22.9 Å². The van der Waals surface area contributed by atoms with Crippen LogP contribution < -0.4 is 0 Å². The molecular weight excluding hydrogens is 300 g/mol. The highest BCUT2D eigenvalue weighted by molar-refractivity contribution is 7.18. The predicted molar refractivity (Wildman–Crippen MR) is 78.3 cm³/mol. The van der Waals surface area contributed by atoms with Crippen LogP contribution in [0.1, 0.15) is 15.9 Å². The lowest BCUT2D eigenvalue weighted by atomic mass is 10.1. The maximum atomic E-state index is 13.7. The van der Waals surface area contributed by atoms with Crippen molar-refractivity contribution in [2.24, 2.45) is 0 Å². The summed E-state index contributed by atoms with van der Waals surface area (Å²) in [6.07, 6.45) is 0.376. The third kappa shape index (κ3) is 2.67. The van der Waals surface area contributed by atoms with E-state index >= 15 is 0 Å². The number of benzene rings is 2. The Labute approximate surface area is 123 Å². The number of rotatable bonds is 3. The van der Waals surface area contributed by atoms with E-state index < -0.39 is 17.0 Å². The zero-order valence-electron chi connectivity index (χ0n) is 10.3. The molecule has 0 aliphatic rings. The molecule has 0 N–H and O–H groups in total. The van der Waals surface area contributed by atoms with Gasteiger partial charge in [-0.05, 0) is 30.3 Å². The van der Waals surface area contributed by atoms with E-state index in [-0.39, 0.29) is 5.56 Å². The quantitative estimate of drug-likeness (QED) is 0.614. The second-order valence-corrected chi connectivity index (χ2v) is 6.05. The molecule has 1 heterocycles. The minimum atomic E-state index is -0.633. The smallest absolute Gasteiger partial charge is 0.128 e. The highest BCUT2D eigenvalue weighted by Gasteiger charge is 2.16. The molecule has 0 aliphatic heterocycles. The standard InChI is InChI=1S/C15H10ClF2NS/c16-11(10-7-9(17)5-6-12(10)18)8-15-19-13-3-1-2-4-14(13)20-15/h1-7,11H,8H2. The Balaban J connectivity index is 1.88. The monoisotopic (exact) mass is 309 g/mol. The van der Waals surface area contributed by atoms with Crippen LogP contribution in [0.2, 0.25) is 0 Å². The minimum Gasteiger partial charge on any atom is -0.241 e. The minimum absolute atomic E-state index is 0.172. The van der Waals surface area contributed by atoms with Gasteiger partial charge < -0.3 is 0 Å². The van der Waals surface area contributed by atoms with Gasteiger partial charge in [0, 0.05) is 12.0 Å². The molecule has 3 rings (SSSR count). The summed E-state index contributed by atoms with van der Waals surface area (Å²) in [7, 11) is 0. The first-order chi connectivity index (χ1) is 9.63. The summed E-state index contributed by atoms with van der Waals surface area (Å²) >= 11 is 7.72. The molecule has 0 amide bonds. The molecule has 0 saturated carbocycles. The Morgan fingerprint density at radius 3 is 2.75 bits per heavy atom. The highest BCUT2D eigenvalue weighted by Crippen LogP contribution is 2.31. The fraction of sp³-hybridized carbons (Fsp3) is 0.133. The Bertz CT molecular complexity index is 723. The van der Waals surface area contributed by atoms with Crippen LogP contribution in [-0.2, 0) is 6.42 Å². The van der Waals surface area contributed by atoms with Gasteiger partial charge in [-0.1, -0.05) is 12.1 Å². The molecule has 1 nitrogen and oxygen atoms in total. The molecule has 1 atom stereocenters. The molecule has 2 aromatic carbocycles. The Morgan fingerprint density at radius 1 is 1.15 bits per heavy atom. The second kappa shape index (κ2) is 5.46. The fourth-order valence-corrected chi connectivity index (χ4v) is 3.44. The summed E-state index contributed by atoms with van der Waals surface area (Å²) in [6, 6.07) is 11.1. The highest BCUT2D eigenvalue weighted by atomic mass is 35.5. The van der Waals surface area contributed by atoms with E-state index in [1.165, 1.54) is 11.3 Å². The van der Waals surface area contributed by atoms with Crippen LogP contribution in [0.4, 0.5) is 8.78 Å². The number of halogens is 3. The number of fused-ring (bicyclic) bond motifs is 1. The van der Waals surface area contributed by atoms with Crippen molar-refractivity contribution in [1.82, 2.24) is 4.98 Å². The first-order valence-electron chi connectivity index (χ1n) is 6.07. The van der Waals surface area contributed by atoms with Crippen LogP contribution in [-0.4, -0.2) is 4.98 Å².